The third-order valence-corrected chi connectivity index (χ3v) is 11.0. The molecule has 2 aromatic rings. The average Bonchev–Trinajstić information content (AvgIpc) is 2.94. The van der Waals surface area contributed by atoms with Gasteiger partial charge in [-0.3, -0.25) is 14.4 Å². The lowest BCUT2D eigenvalue weighted by Crippen LogP contribution is -2.69. The summed E-state index contributed by atoms with van der Waals surface area (Å²) in [6.45, 7) is 14.7. The van der Waals surface area contributed by atoms with E-state index in [0.29, 0.717) is 11.5 Å². The van der Waals surface area contributed by atoms with Gasteiger partial charge in [0.1, 0.15) is 22.8 Å². The molecule has 0 bridgehead atoms. The van der Waals surface area contributed by atoms with Crippen LogP contribution in [0.4, 0.5) is 0 Å². The van der Waals surface area contributed by atoms with Gasteiger partial charge in [-0.25, -0.2) is 0 Å². The van der Waals surface area contributed by atoms with Crippen molar-refractivity contribution in [2.24, 2.45) is 28.6 Å². The smallest absolute Gasteiger partial charge is 0.203 e. The number of aromatic hydroxyl groups is 1. The molecule has 0 saturated heterocycles. The fraction of sp³-hybridized carbons (Fsp3) is 0.513. The summed E-state index contributed by atoms with van der Waals surface area (Å²) in [6, 6.07) is 9.87. The summed E-state index contributed by atoms with van der Waals surface area (Å²) in [5, 5.41) is 46.8. The van der Waals surface area contributed by atoms with Gasteiger partial charge in [-0.2, -0.15) is 0 Å². The molecule has 1 unspecified atom stereocenters. The minimum absolute atomic E-state index is 0.0654. The first-order valence-corrected chi connectivity index (χ1v) is 16.6. The number of carbonyl (C=O) groups is 3. The Labute approximate surface area is 272 Å². The van der Waals surface area contributed by atoms with Crippen LogP contribution in [0.5, 0.6) is 5.75 Å². The van der Waals surface area contributed by atoms with Crippen molar-refractivity contribution >= 4 is 23.1 Å². The van der Waals surface area contributed by atoms with Crippen molar-refractivity contribution in [2.75, 3.05) is 0 Å². The van der Waals surface area contributed by atoms with Crippen LogP contribution in [-0.4, -0.2) is 43.4 Å². The fourth-order valence-electron chi connectivity index (χ4n) is 9.02. The average molecular weight is 629 g/mol. The Kier molecular flexibility index (Phi) is 8.42. The quantitative estimate of drug-likeness (QED) is 0.224. The van der Waals surface area contributed by atoms with E-state index in [2.05, 4.69) is 39.0 Å². The van der Waals surface area contributed by atoms with Gasteiger partial charge in [0.2, 0.25) is 5.78 Å². The van der Waals surface area contributed by atoms with Gasteiger partial charge >= 0.3 is 0 Å². The molecule has 4 N–H and O–H groups in total. The number of benzene rings is 2. The number of aliphatic hydroxyl groups is 3. The van der Waals surface area contributed by atoms with Crippen LogP contribution in [0, 0.1) is 28.6 Å². The number of aliphatic hydroxyl groups excluding tert-OH is 2. The molecule has 7 heteroatoms. The van der Waals surface area contributed by atoms with Crippen LogP contribution in [0.2, 0.25) is 0 Å². The maximum Gasteiger partial charge on any atom is 0.203 e. The Hall–Kier alpha value is -3.71. The zero-order valence-corrected chi connectivity index (χ0v) is 28.4. The summed E-state index contributed by atoms with van der Waals surface area (Å²) in [7, 11) is 0. The van der Waals surface area contributed by atoms with E-state index in [-0.39, 0.29) is 35.6 Å². The molecule has 3 aliphatic rings. The number of allylic oxidation sites excluding steroid dienone is 1. The zero-order valence-electron chi connectivity index (χ0n) is 28.4. The number of carbonyl (C=O) groups excluding carboxylic acids is 3. The third-order valence-electron chi connectivity index (χ3n) is 11.0. The van der Waals surface area contributed by atoms with Crippen molar-refractivity contribution in [3.8, 4) is 16.9 Å². The van der Waals surface area contributed by atoms with Crippen LogP contribution >= 0.6 is 0 Å². The first-order valence-electron chi connectivity index (χ1n) is 16.6. The number of Topliss-reactive ketones (excluding diaryl/α,β-unsaturated/α-hetero) is 3. The standard InChI is InChI=1S/C39H48O7/c1-9-24-14-13-23(12-10-11-20(2)3)17-26(24)25-15-16-28(41)30-27(25)18-37(7)19-38(8)31(21(4)5)33(42)29(22(6)40)35(44)39(38,46)36(45)32(37)34(30)43/h13-17,20-21,31,41,43-44,46H,9-12,18-19H2,1-8H3/t31?,37-,38-,39+/m1/s1. The van der Waals surface area contributed by atoms with E-state index in [4.69, 9.17) is 0 Å². The number of ketones is 3. The summed E-state index contributed by atoms with van der Waals surface area (Å²) >= 11 is 0. The Morgan fingerprint density at radius 2 is 1.67 bits per heavy atom. The lowest BCUT2D eigenvalue weighted by molar-refractivity contribution is -0.178. The Morgan fingerprint density at radius 3 is 2.26 bits per heavy atom. The van der Waals surface area contributed by atoms with Crippen LogP contribution < -0.4 is 0 Å². The van der Waals surface area contributed by atoms with Gasteiger partial charge < -0.3 is 20.4 Å². The van der Waals surface area contributed by atoms with E-state index < -0.39 is 56.8 Å². The van der Waals surface area contributed by atoms with Crippen LogP contribution in [0.15, 0.2) is 47.2 Å². The molecule has 0 spiro atoms. The van der Waals surface area contributed by atoms with Gasteiger partial charge in [-0.15, -0.1) is 0 Å². The molecule has 3 aliphatic carbocycles. The summed E-state index contributed by atoms with van der Waals surface area (Å²) in [5.74, 6) is -4.59. The number of hydrogen-bond donors (Lipinski definition) is 4. The third kappa shape index (κ3) is 4.76. The molecule has 0 radical (unpaired) electrons. The number of aryl methyl sites for hydroxylation is 2. The highest BCUT2D eigenvalue weighted by molar-refractivity contribution is 6.24. The Bertz CT molecular complexity index is 1710. The summed E-state index contributed by atoms with van der Waals surface area (Å²) in [5.41, 5.74) is -0.882. The molecule has 46 heavy (non-hydrogen) atoms. The molecule has 246 valence electrons. The van der Waals surface area contributed by atoms with Gasteiger partial charge in [0.15, 0.2) is 17.2 Å². The Morgan fingerprint density at radius 1 is 1.00 bits per heavy atom. The van der Waals surface area contributed by atoms with Gasteiger partial charge in [0.05, 0.1) is 5.56 Å². The second-order valence-electron chi connectivity index (χ2n) is 15.1. The number of rotatable bonds is 8. The van der Waals surface area contributed by atoms with Crippen LogP contribution in [0.1, 0.15) is 96.9 Å². The predicted molar refractivity (Wildman–Crippen MR) is 178 cm³/mol. The molecule has 7 nitrogen and oxygen atoms in total. The number of hydrogen-bond acceptors (Lipinski definition) is 7. The van der Waals surface area contributed by atoms with Crippen molar-refractivity contribution in [2.45, 2.75) is 99.5 Å². The van der Waals surface area contributed by atoms with E-state index in [1.54, 1.807) is 20.8 Å². The highest BCUT2D eigenvalue weighted by atomic mass is 16.3. The minimum Gasteiger partial charge on any atom is -0.508 e. The lowest BCUT2D eigenvalue weighted by Gasteiger charge is -2.59. The predicted octanol–water partition coefficient (Wildman–Crippen LogP) is 7.40. The normalized spacial score (nSPS) is 27.7. The van der Waals surface area contributed by atoms with E-state index >= 15 is 0 Å². The fourth-order valence-corrected chi connectivity index (χ4v) is 9.02. The van der Waals surface area contributed by atoms with Gasteiger partial charge in [-0.1, -0.05) is 79.2 Å². The molecular weight excluding hydrogens is 580 g/mol. The highest BCUT2D eigenvalue weighted by Gasteiger charge is 2.72. The SMILES string of the molecule is CCc1ccc(CCCC(C)C)cc1-c1ccc(O)c2c1C[C@]1(C)C[C@]3(C)C(C(C)C)C(=O)C(C(C)=O)=C(O)[C@]3(O)C(=O)C1=C2O. The summed E-state index contributed by atoms with van der Waals surface area (Å²) in [4.78, 5) is 41.0. The van der Waals surface area contributed by atoms with Crippen molar-refractivity contribution in [3.63, 3.8) is 0 Å². The molecular formula is C39H48O7. The molecule has 0 aliphatic heterocycles. The Balaban J connectivity index is 1.75. The van der Waals surface area contributed by atoms with Gasteiger partial charge in [-0.05, 0) is 84.7 Å². The molecule has 0 heterocycles. The molecule has 0 aromatic heterocycles. The largest absolute Gasteiger partial charge is 0.508 e. The summed E-state index contributed by atoms with van der Waals surface area (Å²) in [6.07, 6.45) is 4.19. The van der Waals surface area contributed by atoms with Crippen molar-refractivity contribution < 1.29 is 34.8 Å². The maximum absolute atomic E-state index is 14.6. The van der Waals surface area contributed by atoms with Crippen LogP contribution in [0.3, 0.4) is 0 Å². The molecule has 1 fully saturated rings. The van der Waals surface area contributed by atoms with Crippen molar-refractivity contribution in [3.05, 3.63) is 69.5 Å². The second kappa shape index (κ2) is 11.5. The summed E-state index contributed by atoms with van der Waals surface area (Å²) < 4.78 is 0. The number of phenolic OH excluding ortho intramolecular Hbond substituents is 1. The first kappa shape index (κ1) is 33.6. The van der Waals surface area contributed by atoms with E-state index in [9.17, 15) is 34.8 Å². The second-order valence-corrected chi connectivity index (χ2v) is 15.1. The van der Waals surface area contributed by atoms with Crippen LogP contribution in [0.25, 0.3) is 16.9 Å². The van der Waals surface area contributed by atoms with E-state index in [0.717, 1.165) is 49.3 Å². The van der Waals surface area contributed by atoms with E-state index in [1.165, 1.54) is 11.6 Å². The monoisotopic (exact) mass is 628 g/mol. The first-order chi connectivity index (χ1) is 21.4. The molecule has 2 aromatic carbocycles. The highest BCUT2D eigenvalue weighted by Crippen LogP contribution is 2.65. The lowest BCUT2D eigenvalue weighted by atomic mass is 9.43. The molecule has 1 saturated carbocycles. The molecule has 4 atom stereocenters. The minimum atomic E-state index is -2.62. The maximum atomic E-state index is 14.6. The van der Waals surface area contributed by atoms with Crippen molar-refractivity contribution in [1.82, 2.24) is 0 Å². The number of fused-ring (bicyclic) bond motifs is 3. The number of phenols is 1. The van der Waals surface area contributed by atoms with Crippen molar-refractivity contribution in [1.29, 1.82) is 0 Å². The molecule has 0 amide bonds. The van der Waals surface area contributed by atoms with Gasteiger partial charge in [0, 0.05) is 22.3 Å². The zero-order chi connectivity index (χ0) is 34.1. The van der Waals surface area contributed by atoms with E-state index in [1.807, 2.05) is 13.0 Å². The topological polar surface area (TPSA) is 132 Å². The molecule has 5 rings (SSSR count). The van der Waals surface area contributed by atoms with Gasteiger partial charge in [0.25, 0.3) is 0 Å². The van der Waals surface area contributed by atoms with Crippen LogP contribution in [-0.2, 0) is 33.6 Å².